The van der Waals surface area contributed by atoms with Crippen LogP contribution >= 0.6 is 0 Å². The lowest BCUT2D eigenvalue weighted by atomic mass is 9.91. The Morgan fingerprint density at radius 3 is 2.23 bits per heavy atom. The van der Waals surface area contributed by atoms with Crippen LogP contribution < -0.4 is 10.6 Å². The van der Waals surface area contributed by atoms with Crippen molar-refractivity contribution in [2.24, 2.45) is 0 Å². The van der Waals surface area contributed by atoms with Gasteiger partial charge in [-0.15, -0.1) is 10.2 Å². The van der Waals surface area contributed by atoms with Gasteiger partial charge in [0.15, 0.2) is 22.8 Å². The summed E-state index contributed by atoms with van der Waals surface area (Å²) in [5, 5.41) is 41.5. The Kier molecular flexibility index (Phi) is 8.82. The number of aliphatic hydroxyl groups is 2. The zero-order valence-corrected chi connectivity index (χ0v) is 27.2. The van der Waals surface area contributed by atoms with E-state index in [1.54, 1.807) is 13.3 Å². The van der Waals surface area contributed by atoms with Crippen LogP contribution in [0.1, 0.15) is 67.0 Å². The molecular formula is C34H40N12O2. The van der Waals surface area contributed by atoms with Crippen molar-refractivity contribution in [2.45, 2.75) is 69.9 Å². The van der Waals surface area contributed by atoms with Gasteiger partial charge in [0.25, 0.3) is 0 Å². The van der Waals surface area contributed by atoms with Crippen molar-refractivity contribution in [1.82, 2.24) is 49.3 Å². The van der Waals surface area contributed by atoms with Crippen molar-refractivity contribution in [2.75, 3.05) is 23.7 Å². The van der Waals surface area contributed by atoms with Gasteiger partial charge in [-0.1, -0.05) is 60.7 Å². The number of hydrogen-bond acceptors (Lipinski definition) is 11. The molecule has 7 rings (SSSR count). The van der Waals surface area contributed by atoms with E-state index in [4.69, 9.17) is 15.0 Å². The third-order valence-corrected chi connectivity index (χ3v) is 9.02. The first-order chi connectivity index (χ1) is 23.4. The van der Waals surface area contributed by atoms with Gasteiger partial charge in [0, 0.05) is 37.7 Å². The van der Waals surface area contributed by atoms with Crippen LogP contribution in [0.15, 0.2) is 79.5 Å². The lowest BCUT2D eigenvalue weighted by molar-refractivity contribution is 0.00474. The van der Waals surface area contributed by atoms with Crippen LogP contribution in [0.5, 0.6) is 0 Å². The predicted octanol–water partition coefficient (Wildman–Crippen LogP) is 3.71. The molecule has 0 saturated heterocycles. The van der Waals surface area contributed by atoms with Crippen LogP contribution in [0.3, 0.4) is 0 Å². The molecule has 2 aromatic carbocycles. The molecule has 0 bridgehead atoms. The normalized spacial score (nSPS) is 19.5. The maximum absolute atomic E-state index is 11.2. The molecule has 4 N–H and O–H groups in total. The summed E-state index contributed by atoms with van der Waals surface area (Å²) in [7, 11) is 0. The molecule has 4 atom stereocenters. The third kappa shape index (κ3) is 6.36. The first-order valence-electron chi connectivity index (χ1n) is 16.3. The quantitative estimate of drug-likeness (QED) is 0.153. The minimum atomic E-state index is -1.10. The fourth-order valence-corrected chi connectivity index (χ4v) is 6.38. The molecule has 1 saturated carbocycles. The molecule has 0 amide bonds. The van der Waals surface area contributed by atoms with E-state index in [1.807, 2.05) is 47.3 Å². The number of nitrogens with one attached hydrogen (secondary N) is 2. The first kappa shape index (κ1) is 31.4. The van der Waals surface area contributed by atoms with Gasteiger partial charge in [-0.25, -0.2) is 9.97 Å². The maximum atomic E-state index is 11.2. The number of aryl methyl sites for hydroxylation is 1. The highest BCUT2D eigenvalue weighted by Crippen LogP contribution is 2.39. The lowest BCUT2D eigenvalue weighted by Crippen LogP contribution is -2.31. The number of anilines is 2. The Morgan fingerprint density at radius 1 is 0.875 bits per heavy atom. The Morgan fingerprint density at radius 2 is 1.58 bits per heavy atom. The van der Waals surface area contributed by atoms with Gasteiger partial charge in [0.1, 0.15) is 18.2 Å². The molecule has 48 heavy (non-hydrogen) atoms. The Balaban J connectivity index is 1.20. The van der Waals surface area contributed by atoms with Crippen LogP contribution in [0, 0.1) is 6.92 Å². The maximum Gasteiger partial charge on any atom is 0.226 e. The van der Waals surface area contributed by atoms with E-state index < -0.39 is 24.3 Å². The standard InChI is InChI=1S/C34H40N12O2/c1-21(2)44-18-25(37-19-44)14-15-35-34-39-32(36-17-26(23-10-6-4-7-11-23)24-12-8-5-9-13-24)29-33(40-34)45(20-38-29)27-16-28(31(48)30(27)47)46-42-22(3)41-43-46/h4-13,18-21,26-28,30-31,47-48H,14-17H2,1-3H3,(H2,35,36,39,40)/t27-,28+,30+,31-/m1/s1. The summed E-state index contributed by atoms with van der Waals surface area (Å²) in [6, 6.07) is 20.0. The number of imidazole rings is 2. The summed E-state index contributed by atoms with van der Waals surface area (Å²) in [6.45, 7) is 7.10. The van der Waals surface area contributed by atoms with Crippen molar-refractivity contribution in [3.63, 3.8) is 0 Å². The molecule has 0 unspecified atom stereocenters. The summed E-state index contributed by atoms with van der Waals surface area (Å²) in [5.41, 5.74) is 4.43. The molecule has 1 aliphatic carbocycles. The van der Waals surface area contributed by atoms with Crippen molar-refractivity contribution in [3.8, 4) is 0 Å². The van der Waals surface area contributed by atoms with Crippen LogP contribution in [0.2, 0.25) is 0 Å². The number of benzene rings is 2. The molecular weight excluding hydrogens is 608 g/mol. The molecule has 1 fully saturated rings. The third-order valence-electron chi connectivity index (χ3n) is 9.02. The number of fused-ring (bicyclic) bond motifs is 1. The highest BCUT2D eigenvalue weighted by molar-refractivity contribution is 5.84. The number of aliphatic hydroxyl groups excluding tert-OH is 2. The molecule has 14 heteroatoms. The van der Waals surface area contributed by atoms with E-state index in [-0.39, 0.29) is 5.92 Å². The Hall–Kier alpha value is -5.21. The van der Waals surface area contributed by atoms with Crippen molar-refractivity contribution in [1.29, 1.82) is 0 Å². The smallest absolute Gasteiger partial charge is 0.226 e. The minimum Gasteiger partial charge on any atom is -0.388 e. The van der Waals surface area contributed by atoms with Crippen molar-refractivity contribution in [3.05, 3.63) is 102 Å². The van der Waals surface area contributed by atoms with E-state index in [0.29, 0.717) is 60.7 Å². The predicted molar refractivity (Wildman–Crippen MR) is 181 cm³/mol. The molecule has 0 spiro atoms. The van der Waals surface area contributed by atoms with E-state index in [0.717, 1.165) is 5.69 Å². The second-order valence-corrected chi connectivity index (χ2v) is 12.6. The number of tetrazole rings is 1. The SMILES string of the molecule is Cc1nnn([C@H]2C[C@@H](n3cnc4c(NCC(c5ccccc5)c5ccccc5)nc(NCCc5cn(C(C)C)cn5)nc43)[C@H](O)[C@@H]2O)n1. The zero-order chi connectivity index (χ0) is 33.2. The Labute approximate surface area is 277 Å². The van der Waals surface area contributed by atoms with Gasteiger partial charge in [-0.3, -0.25) is 0 Å². The topological polar surface area (TPSA) is 170 Å². The van der Waals surface area contributed by atoms with Crippen molar-refractivity contribution < 1.29 is 10.2 Å². The largest absolute Gasteiger partial charge is 0.388 e. The summed E-state index contributed by atoms with van der Waals surface area (Å²) < 4.78 is 3.90. The number of hydrogen-bond donors (Lipinski definition) is 4. The van der Waals surface area contributed by atoms with Crippen LogP contribution in [-0.4, -0.2) is 84.8 Å². The van der Waals surface area contributed by atoms with E-state index in [2.05, 4.69) is 79.9 Å². The van der Waals surface area contributed by atoms with E-state index >= 15 is 0 Å². The first-order valence-corrected chi connectivity index (χ1v) is 16.3. The minimum absolute atomic E-state index is 0.0539. The highest BCUT2D eigenvalue weighted by Gasteiger charge is 2.45. The molecule has 248 valence electrons. The van der Waals surface area contributed by atoms with Gasteiger partial charge >= 0.3 is 0 Å². The van der Waals surface area contributed by atoms with Gasteiger partial charge in [-0.05, 0) is 43.5 Å². The van der Waals surface area contributed by atoms with Gasteiger partial charge in [-0.2, -0.15) is 14.8 Å². The second kappa shape index (κ2) is 13.5. The molecule has 0 aliphatic heterocycles. The summed E-state index contributed by atoms with van der Waals surface area (Å²) in [4.78, 5) is 20.4. The van der Waals surface area contributed by atoms with E-state index in [9.17, 15) is 10.2 Å². The molecule has 1 aliphatic rings. The number of aromatic nitrogens is 10. The fraction of sp³-hybridized carbons (Fsp3) is 0.382. The Bertz CT molecular complexity index is 1920. The number of nitrogens with zero attached hydrogens (tertiary/aromatic N) is 10. The monoisotopic (exact) mass is 648 g/mol. The zero-order valence-electron chi connectivity index (χ0n) is 27.2. The molecule has 14 nitrogen and oxygen atoms in total. The van der Waals surface area contributed by atoms with Crippen LogP contribution in [0.4, 0.5) is 11.8 Å². The fourth-order valence-electron chi connectivity index (χ4n) is 6.38. The molecule has 4 heterocycles. The van der Waals surface area contributed by atoms with Gasteiger partial charge < -0.3 is 30.0 Å². The molecule has 4 aromatic heterocycles. The highest BCUT2D eigenvalue weighted by atomic mass is 16.3. The molecule has 6 aromatic rings. The van der Waals surface area contributed by atoms with Crippen molar-refractivity contribution >= 4 is 22.9 Å². The van der Waals surface area contributed by atoms with Gasteiger partial charge in [0.05, 0.1) is 24.4 Å². The van der Waals surface area contributed by atoms with Gasteiger partial charge in [0.2, 0.25) is 5.95 Å². The summed E-state index contributed by atoms with van der Waals surface area (Å²) in [5.74, 6) is 1.54. The summed E-state index contributed by atoms with van der Waals surface area (Å²) >= 11 is 0. The van der Waals surface area contributed by atoms with E-state index in [1.165, 1.54) is 15.9 Å². The van der Waals surface area contributed by atoms with Crippen LogP contribution in [0.25, 0.3) is 11.2 Å². The summed E-state index contributed by atoms with van der Waals surface area (Å²) in [6.07, 6.45) is 4.42. The lowest BCUT2D eigenvalue weighted by Gasteiger charge is -2.20. The number of rotatable bonds is 12. The average Bonchev–Trinajstić information content (AvgIpc) is 3.90. The van der Waals surface area contributed by atoms with Crippen LogP contribution in [-0.2, 0) is 6.42 Å². The second-order valence-electron chi connectivity index (χ2n) is 12.6. The average molecular weight is 649 g/mol. The molecule has 0 radical (unpaired) electrons.